The van der Waals surface area contributed by atoms with Gasteiger partial charge in [0, 0.05) is 24.8 Å². The number of hydrogen-bond acceptors (Lipinski definition) is 2. The Hall–Kier alpha value is -1.32. The lowest BCUT2D eigenvalue weighted by atomic mass is 10.0. The monoisotopic (exact) mass is 244 g/mol. The highest BCUT2D eigenvalue weighted by molar-refractivity contribution is 5.79. The zero-order chi connectivity index (χ0) is 12.4. The first kappa shape index (κ1) is 11.8. The van der Waals surface area contributed by atoms with E-state index in [1.54, 1.807) is 0 Å². The molecule has 1 fully saturated rings. The molecule has 96 valence electrons. The Balaban J connectivity index is 1.59. The Morgan fingerprint density at radius 2 is 2.06 bits per heavy atom. The molecule has 3 rings (SSSR count). The summed E-state index contributed by atoms with van der Waals surface area (Å²) in [5, 5.41) is 14.9. The van der Waals surface area contributed by atoms with Crippen LogP contribution in [0, 0.1) is 0 Å². The molecule has 0 saturated heterocycles. The van der Waals surface area contributed by atoms with Crippen molar-refractivity contribution >= 4 is 10.9 Å². The summed E-state index contributed by atoms with van der Waals surface area (Å²) in [4.78, 5) is 3.19. The minimum Gasteiger partial charge on any atom is -0.389 e. The van der Waals surface area contributed by atoms with E-state index in [0.717, 1.165) is 32.2 Å². The predicted octanol–water partition coefficient (Wildman–Crippen LogP) is 2.56. The molecule has 0 atom stereocenters. The fourth-order valence-corrected chi connectivity index (χ4v) is 2.86. The number of nitrogens with one attached hydrogen (secondary N) is 2. The minimum atomic E-state index is -0.460. The normalized spacial score (nSPS) is 18.5. The minimum absolute atomic E-state index is 0.460. The quantitative estimate of drug-likeness (QED) is 0.774. The molecule has 0 bridgehead atoms. The van der Waals surface area contributed by atoms with Crippen molar-refractivity contribution in [1.29, 1.82) is 0 Å². The van der Waals surface area contributed by atoms with Gasteiger partial charge in [0.05, 0.1) is 5.60 Å². The molecule has 0 radical (unpaired) electrons. The van der Waals surface area contributed by atoms with Gasteiger partial charge in [-0.15, -0.1) is 0 Å². The van der Waals surface area contributed by atoms with E-state index in [9.17, 15) is 5.11 Å². The second-order valence-electron chi connectivity index (χ2n) is 5.43. The van der Waals surface area contributed by atoms with E-state index in [-0.39, 0.29) is 0 Å². The van der Waals surface area contributed by atoms with Gasteiger partial charge in [-0.3, -0.25) is 0 Å². The van der Waals surface area contributed by atoms with Crippen LogP contribution in [0.25, 0.3) is 10.9 Å². The molecule has 0 amide bonds. The van der Waals surface area contributed by atoms with Crippen molar-refractivity contribution in [2.75, 3.05) is 6.54 Å². The van der Waals surface area contributed by atoms with Crippen LogP contribution in [0.15, 0.2) is 30.5 Å². The van der Waals surface area contributed by atoms with Crippen molar-refractivity contribution in [3.8, 4) is 0 Å². The summed E-state index contributed by atoms with van der Waals surface area (Å²) in [6.07, 6.45) is 6.16. The van der Waals surface area contributed by atoms with Crippen molar-refractivity contribution in [3.63, 3.8) is 0 Å². The maximum Gasteiger partial charge on any atom is 0.0771 e. The molecular formula is C15H20N2O. The third-order valence-electron chi connectivity index (χ3n) is 3.94. The topological polar surface area (TPSA) is 48.0 Å². The standard InChI is InChI=1S/C15H20N2O/c18-15(6-1-2-7-15)11-16-10-12-3-4-14-13(9-12)5-8-17-14/h3-5,8-9,16-18H,1-2,6-7,10-11H2. The smallest absolute Gasteiger partial charge is 0.0771 e. The van der Waals surface area contributed by atoms with Gasteiger partial charge in [0.2, 0.25) is 0 Å². The summed E-state index contributed by atoms with van der Waals surface area (Å²) in [5.41, 5.74) is 1.98. The Bertz CT molecular complexity index is 526. The second-order valence-corrected chi connectivity index (χ2v) is 5.43. The Morgan fingerprint density at radius 1 is 1.22 bits per heavy atom. The lowest BCUT2D eigenvalue weighted by Gasteiger charge is -2.22. The number of aliphatic hydroxyl groups is 1. The summed E-state index contributed by atoms with van der Waals surface area (Å²) in [5.74, 6) is 0. The van der Waals surface area contributed by atoms with E-state index in [2.05, 4.69) is 34.6 Å². The maximum atomic E-state index is 10.2. The van der Waals surface area contributed by atoms with Gasteiger partial charge in [-0.25, -0.2) is 0 Å². The van der Waals surface area contributed by atoms with Crippen molar-refractivity contribution in [3.05, 3.63) is 36.0 Å². The predicted molar refractivity (Wildman–Crippen MR) is 73.4 cm³/mol. The zero-order valence-corrected chi connectivity index (χ0v) is 10.6. The summed E-state index contributed by atoms with van der Waals surface area (Å²) >= 11 is 0. The molecule has 0 unspecified atom stereocenters. The lowest BCUT2D eigenvalue weighted by molar-refractivity contribution is 0.0475. The molecule has 1 aliphatic rings. The Kier molecular flexibility index (Phi) is 3.10. The van der Waals surface area contributed by atoms with Crippen LogP contribution in [0.3, 0.4) is 0 Å². The van der Waals surface area contributed by atoms with Gasteiger partial charge >= 0.3 is 0 Å². The van der Waals surface area contributed by atoms with Gasteiger partial charge in [0.15, 0.2) is 0 Å². The van der Waals surface area contributed by atoms with E-state index in [4.69, 9.17) is 0 Å². The van der Waals surface area contributed by atoms with Crippen LogP contribution in [0.2, 0.25) is 0 Å². The highest BCUT2D eigenvalue weighted by Gasteiger charge is 2.30. The number of H-pyrrole nitrogens is 1. The van der Waals surface area contributed by atoms with E-state index in [1.807, 2.05) is 6.20 Å². The molecule has 1 aliphatic carbocycles. The lowest BCUT2D eigenvalue weighted by Crippen LogP contribution is -2.37. The van der Waals surface area contributed by atoms with E-state index >= 15 is 0 Å². The van der Waals surface area contributed by atoms with Crippen LogP contribution in [-0.2, 0) is 6.54 Å². The van der Waals surface area contributed by atoms with Crippen LogP contribution in [0.4, 0.5) is 0 Å². The Morgan fingerprint density at radius 3 is 2.89 bits per heavy atom. The van der Waals surface area contributed by atoms with Gasteiger partial charge in [-0.05, 0) is 42.0 Å². The number of fused-ring (bicyclic) bond motifs is 1. The third-order valence-corrected chi connectivity index (χ3v) is 3.94. The van der Waals surface area contributed by atoms with Gasteiger partial charge in [-0.2, -0.15) is 0 Å². The number of aromatic amines is 1. The van der Waals surface area contributed by atoms with E-state index in [0.29, 0.717) is 6.54 Å². The van der Waals surface area contributed by atoms with Crippen molar-refractivity contribution in [1.82, 2.24) is 10.3 Å². The fraction of sp³-hybridized carbons (Fsp3) is 0.467. The highest BCUT2D eigenvalue weighted by atomic mass is 16.3. The largest absolute Gasteiger partial charge is 0.389 e. The average molecular weight is 244 g/mol. The fourth-order valence-electron chi connectivity index (χ4n) is 2.86. The number of rotatable bonds is 4. The van der Waals surface area contributed by atoms with Gasteiger partial charge in [0.1, 0.15) is 0 Å². The molecule has 1 saturated carbocycles. The SMILES string of the molecule is OC1(CNCc2ccc3[nH]ccc3c2)CCCC1. The summed E-state index contributed by atoms with van der Waals surface area (Å²) < 4.78 is 0. The third kappa shape index (κ3) is 2.42. The molecule has 1 aromatic heterocycles. The van der Waals surface area contributed by atoms with Crippen LogP contribution < -0.4 is 5.32 Å². The molecule has 1 heterocycles. The molecule has 3 heteroatoms. The molecule has 2 aromatic rings. The van der Waals surface area contributed by atoms with Gasteiger partial charge in [0.25, 0.3) is 0 Å². The Labute approximate surface area is 107 Å². The van der Waals surface area contributed by atoms with Crippen LogP contribution in [0.1, 0.15) is 31.2 Å². The van der Waals surface area contributed by atoms with E-state index < -0.39 is 5.60 Å². The highest BCUT2D eigenvalue weighted by Crippen LogP contribution is 2.28. The first-order valence-electron chi connectivity index (χ1n) is 6.74. The molecule has 3 N–H and O–H groups in total. The molecule has 3 nitrogen and oxygen atoms in total. The number of hydrogen-bond donors (Lipinski definition) is 3. The van der Waals surface area contributed by atoms with Crippen LogP contribution in [0.5, 0.6) is 0 Å². The zero-order valence-electron chi connectivity index (χ0n) is 10.6. The molecule has 0 aliphatic heterocycles. The van der Waals surface area contributed by atoms with Gasteiger partial charge in [-0.1, -0.05) is 18.9 Å². The summed E-state index contributed by atoms with van der Waals surface area (Å²) in [6, 6.07) is 8.52. The summed E-state index contributed by atoms with van der Waals surface area (Å²) in [6.45, 7) is 1.53. The summed E-state index contributed by atoms with van der Waals surface area (Å²) in [7, 11) is 0. The first-order valence-corrected chi connectivity index (χ1v) is 6.74. The van der Waals surface area contributed by atoms with Crippen molar-refractivity contribution in [2.45, 2.75) is 37.8 Å². The molecule has 1 aromatic carbocycles. The first-order chi connectivity index (χ1) is 8.75. The number of benzene rings is 1. The second kappa shape index (κ2) is 4.75. The van der Waals surface area contributed by atoms with E-state index in [1.165, 1.54) is 16.5 Å². The van der Waals surface area contributed by atoms with Crippen molar-refractivity contribution in [2.24, 2.45) is 0 Å². The van der Waals surface area contributed by atoms with Crippen molar-refractivity contribution < 1.29 is 5.11 Å². The van der Waals surface area contributed by atoms with Crippen LogP contribution in [-0.4, -0.2) is 22.2 Å². The molecule has 0 spiro atoms. The molecule has 18 heavy (non-hydrogen) atoms. The average Bonchev–Trinajstić information content (AvgIpc) is 2.97. The van der Waals surface area contributed by atoms with Crippen LogP contribution >= 0.6 is 0 Å². The maximum absolute atomic E-state index is 10.2. The van der Waals surface area contributed by atoms with Gasteiger partial charge < -0.3 is 15.4 Å². The number of aromatic nitrogens is 1. The molecular weight excluding hydrogens is 224 g/mol.